The molecule has 0 aliphatic heterocycles. The van der Waals surface area contributed by atoms with Crippen LogP contribution in [0.1, 0.15) is 11.3 Å². The summed E-state index contributed by atoms with van der Waals surface area (Å²) >= 11 is 11.0. The number of furan rings is 1. The summed E-state index contributed by atoms with van der Waals surface area (Å²) in [6, 6.07) is 6.32. The minimum atomic E-state index is -4.45. The van der Waals surface area contributed by atoms with Crippen molar-refractivity contribution in [2.45, 2.75) is 6.18 Å². The van der Waals surface area contributed by atoms with Crippen LogP contribution in [0.3, 0.4) is 0 Å². The minimum Gasteiger partial charge on any atom is -0.455 e. The van der Waals surface area contributed by atoms with Crippen LogP contribution in [0, 0.1) is 0 Å². The van der Waals surface area contributed by atoms with E-state index < -0.39 is 11.7 Å². The number of hydrogen-bond donors (Lipinski definition) is 2. The first-order valence-electron chi connectivity index (χ1n) is 7.85. The second-order valence-electron chi connectivity index (χ2n) is 5.82. The molecule has 0 aliphatic carbocycles. The van der Waals surface area contributed by atoms with Crippen LogP contribution in [0.25, 0.3) is 11.3 Å². The van der Waals surface area contributed by atoms with E-state index in [1.54, 1.807) is 12.1 Å². The quantitative estimate of drug-likeness (QED) is 0.422. The van der Waals surface area contributed by atoms with Gasteiger partial charge in [0.2, 0.25) is 0 Å². The van der Waals surface area contributed by atoms with Crippen LogP contribution < -0.4 is 10.7 Å². The molecule has 0 amide bonds. The van der Waals surface area contributed by atoms with Crippen LogP contribution in [-0.2, 0) is 6.18 Å². The topological polar surface area (TPSA) is 52.8 Å². The summed E-state index contributed by atoms with van der Waals surface area (Å²) in [5, 5.41) is 7.25. The first-order valence-corrected chi connectivity index (χ1v) is 8.64. The molecule has 146 valence electrons. The fraction of sp³-hybridized carbons (Fsp3) is 0.294. The van der Waals surface area contributed by atoms with E-state index in [2.05, 4.69) is 15.8 Å². The molecule has 0 atom stereocenters. The van der Waals surface area contributed by atoms with E-state index >= 15 is 0 Å². The number of halogens is 4. The van der Waals surface area contributed by atoms with E-state index in [-0.39, 0.29) is 5.02 Å². The van der Waals surface area contributed by atoms with Crippen molar-refractivity contribution in [3.63, 3.8) is 0 Å². The average molecular weight is 419 g/mol. The summed E-state index contributed by atoms with van der Waals surface area (Å²) in [6.07, 6.45) is -3.05. The third kappa shape index (κ3) is 6.53. The predicted molar refractivity (Wildman–Crippen MR) is 104 cm³/mol. The summed E-state index contributed by atoms with van der Waals surface area (Å²) < 4.78 is 43.7. The van der Waals surface area contributed by atoms with Gasteiger partial charge in [-0.2, -0.15) is 18.3 Å². The summed E-state index contributed by atoms with van der Waals surface area (Å²) in [5.74, 6) is 0.728. The highest BCUT2D eigenvalue weighted by Crippen LogP contribution is 2.35. The average Bonchev–Trinajstić information content (AvgIpc) is 3.02. The SMILES string of the molecule is CN(C)CCNC(=S)NN=Cc1ccc(-c2ccc(C(F)(F)F)cc2Cl)o1. The Kier molecular flexibility index (Phi) is 7.23. The largest absolute Gasteiger partial charge is 0.455 e. The Balaban J connectivity index is 1.97. The maximum Gasteiger partial charge on any atom is 0.416 e. The Labute approximate surface area is 165 Å². The Morgan fingerprint density at radius 1 is 1.30 bits per heavy atom. The van der Waals surface area contributed by atoms with Gasteiger partial charge in [-0.25, -0.2) is 0 Å². The van der Waals surface area contributed by atoms with Crippen molar-refractivity contribution in [3.05, 3.63) is 46.7 Å². The zero-order valence-corrected chi connectivity index (χ0v) is 16.2. The van der Waals surface area contributed by atoms with Crippen molar-refractivity contribution in [2.24, 2.45) is 5.10 Å². The van der Waals surface area contributed by atoms with Gasteiger partial charge in [-0.1, -0.05) is 11.6 Å². The number of benzene rings is 1. The van der Waals surface area contributed by atoms with E-state index in [1.807, 2.05) is 19.0 Å². The van der Waals surface area contributed by atoms with Gasteiger partial charge in [-0.3, -0.25) is 5.43 Å². The number of hydrazone groups is 1. The fourth-order valence-electron chi connectivity index (χ4n) is 2.05. The van der Waals surface area contributed by atoms with Crippen molar-refractivity contribution in [3.8, 4) is 11.3 Å². The molecule has 0 fully saturated rings. The molecule has 0 unspecified atom stereocenters. The molecule has 0 saturated carbocycles. The van der Waals surface area contributed by atoms with Crippen LogP contribution in [0.2, 0.25) is 5.02 Å². The van der Waals surface area contributed by atoms with Crippen molar-refractivity contribution >= 4 is 35.1 Å². The van der Waals surface area contributed by atoms with Gasteiger partial charge in [-0.05, 0) is 56.6 Å². The maximum atomic E-state index is 12.7. The summed E-state index contributed by atoms with van der Waals surface area (Å²) in [7, 11) is 3.90. The zero-order chi connectivity index (χ0) is 20.0. The molecule has 1 aromatic heterocycles. The summed E-state index contributed by atoms with van der Waals surface area (Å²) in [5.41, 5.74) is 2.19. The highest BCUT2D eigenvalue weighted by atomic mass is 35.5. The second-order valence-corrected chi connectivity index (χ2v) is 6.64. The minimum absolute atomic E-state index is 0.0490. The lowest BCUT2D eigenvalue weighted by atomic mass is 10.1. The molecule has 0 spiro atoms. The number of alkyl halides is 3. The second kappa shape index (κ2) is 9.20. The standard InChI is InChI=1S/C17H18ClF3N4OS/c1-25(2)8-7-22-16(27)24-23-10-12-4-6-15(26-12)13-5-3-11(9-14(13)18)17(19,20)21/h3-6,9-10H,7-8H2,1-2H3,(H2,22,24,27). The van der Waals surface area contributed by atoms with E-state index in [0.717, 1.165) is 18.7 Å². The lowest BCUT2D eigenvalue weighted by Gasteiger charge is -2.11. The van der Waals surface area contributed by atoms with E-state index in [9.17, 15) is 13.2 Å². The molecule has 10 heteroatoms. The molecule has 1 heterocycles. The maximum absolute atomic E-state index is 12.7. The van der Waals surface area contributed by atoms with E-state index in [1.165, 1.54) is 12.3 Å². The van der Waals surface area contributed by atoms with Gasteiger partial charge in [-0.15, -0.1) is 0 Å². The molecule has 2 aromatic rings. The van der Waals surface area contributed by atoms with Gasteiger partial charge < -0.3 is 14.6 Å². The monoisotopic (exact) mass is 418 g/mol. The van der Waals surface area contributed by atoms with Crippen molar-refractivity contribution < 1.29 is 17.6 Å². The first kappa shape index (κ1) is 21.2. The van der Waals surface area contributed by atoms with Crippen LogP contribution >= 0.6 is 23.8 Å². The van der Waals surface area contributed by atoms with Gasteiger partial charge in [0.25, 0.3) is 0 Å². The Morgan fingerprint density at radius 2 is 2.04 bits per heavy atom. The summed E-state index contributed by atoms with van der Waals surface area (Å²) in [4.78, 5) is 2.01. The van der Waals surface area contributed by atoms with Crippen LogP contribution in [0.15, 0.2) is 39.9 Å². The Bertz CT molecular complexity index is 821. The molecular weight excluding hydrogens is 401 g/mol. The summed E-state index contributed by atoms with van der Waals surface area (Å²) in [6.45, 7) is 1.49. The lowest BCUT2D eigenvalue weighted by molar-refractivity contribution is -0.137. The Morgan fingerprint density at radius 3 is 2.67 bits per heavy atom. The van der Waals surface area contributed by atoms with Crippen LogP contribution in [0.5, 0.6) is 0 Å². The van der Waals surface area contributed by atoms with Crippen molar-refractivity contribution in [1.82, 2.24) is 15.6 Å². The molecular formula is C17H18ClF3N4OS. The molecule has 2 rings (SSSR count). The third-order valence-electron chi connectivity index (χ3n) is 3.39. The molecule has 5 nitrogen and oxygen atoms in total. The van der Waals surface area contributed by atoms with Gasteiger partial charge >= 0.3 is 6.18 Å². The lowest BCUT2D eigenvalue weighted by Crippen LogP contribution is -2.36. The molecule has 0 saturated heterocycles. The molecule has 2 N–H and O–H groups in total. The molecule has 0 radical (unpaired) electrons. The first-order chi connectivity index (χ1) is 12.7. The number of likely N-dealkylation sites (N-methyl/N-ethyl adjacent to an activating group) is 1. The van der Waals surface area contributed by atoms with Gasteiger partial charge in [0.15, 0.2) is 5.11 Å². The number of nitrogens with zero attached hydrogens (tertiary/aromatic N) is 2. The van der Waals surface area contributed by atoms with Crippen LogP contribution in [-0.4, -0.2) is 43.4 Å². The Hall–Kier alpha value is -2.10. The number of nitrogens with one attached hydrogen (secondary N) is 2. The third-order valence-corrected chi connectivity index (χ3v) is 3.94. The number of rotatable bonds is 6. The number of thiocarbonyl (C=S) groups is 1. The highest BCUT2D eigenvalue weighted by molar-refractivity contribution is 7.80. The molecule has 27 heavy (non-hydrogen) atoms. The predicted octanol–water partition coefficient (Wildman–Crippen LogP) is 3.98. The number of hydrogen-bond acceptors (Lipinski definition) is 4. The van der Waals surface area contributed by atoms with Gasteiger partial charge in [0.05, 0.1) is 16.8 Å². The van der Waals surface area contributed by atoms with Gasteiger partial charge in [0, 0.05) is 18.7 Å². The van der Waals surface area contributed by atoms with E-state index in [4.69, 9.17) is 28.2 Å². The smallest absolute Gasteiger partial charge is 0.416 e. The van der Waals surface area contributed by atoms with Crippen LogP contribution in [0.4, 0.5) is 13.2 Å². The fourth-order valence-corrected chi connectivity index (χ4v) is 2.47. The molecule has 1 aromatic carbocycles. The normalized spacial score (nSPS) is 12.0. The molecule has 0 aliphatic rings. The van der Waals surface area contributed by atoms with E-state index in [0.29, 0.717) is 28.7 Å². The zero-order valence-electron chi connectivity index (χ0n) is 14.6. The van der Waals surface area contributed by atoms with Gasteiger partial charge in [0.1, 0.15) is 11.5 Å². The van der Waals surface area contributed by atoms with Crippen molar-refractivity contribution in [2.75, 3.05) is 27.2 Å². The van der Waals surface area contributed by atoms with Crippen molar-refractivity contribution in [1.29, 1.82) is 0 Å². The molecule has 0 bridgehead atoms. The highest BCUT2D eigenvalue weighted by Gasteiger charge is 2.31.